The van der Waals surface area contributed by atoms with E-state index in [4.69, 9.17) is 4.74 Å². The first-order valence-corrected chi connectivity index (χ1v) is 7.40. The fraction of sp³-hybridized carbons (Fsp3) is 0.800. The lowest BCUT2D eigenvalue weighted by atomic mass is 10.0. The van der Waals surface area contributed by atoms with Gasteiger partial charge in [-0.3, -0.25) is 9.59 Å². The lowest BCUT2D eigenvalue weighted by molar-refractivity contribution is -0.160. The van der Waals surface area contributed by atoms with Crippen LogP contribution in [0.2, 0.25) is 0 Å². The minimum Gasteiger partial charge on any atom is -0.458 e. The quantitative estimate of drug-likeness (QED) is 0.771. The van der Waals surface area contributed by atoms with Crippen molar-refractivity contribution < 1.29 is 19.1 Å². The summed E-state index contributed by atoms with van der Waals surface area (Å²) in [5, 5.41) is 2.68. The molecule has 0 aromatic rings. The summed E-state index contributed by atoms with van der Waals surface area (Å²) in [5.41, 5.74) is -0.597. The van der Waals surface area contributed by atoms with Crippen LogP contribution in [0.4, 0.5) is 0 Å². The number of carbonyl (C=O) groups is 3. The number of ether oxygens (including phenoxy) is 1. The van der Waals surface area contributed by atoms with Gasteiger partial charge in [-0.15, -0.1) is 0 Å². The first kappa shape index (κ1) is 17.5. The lowest BCUT2D eigenvalue weighted by Gasteiger charge is -2.27. The van der Waals surface area contributed by atoms with Gasteiger partial charge in [0, 0.05) is 13.0 Å². The summed E-state index contributed by atoms with van der Waals surface area (Å²) in [4.78, 5) is 37.2. The molecule has 1 aliphatic heterocycles. The highest BCUT2D eigenvalue weighted by molar-refractivity contribution is 5.89. The average Bonchev–Trinajstić information content (AvgIpc) is 2.69. The Hall–Kier alpha value is -1.59. The molecule has 0 saturated carbocycles. The van der Waals surface area contributed by atoms with Crippen LogP contribution in [0, 0.1) is 5.92 Å². The highest BCUT2D eigenvalue weighted by Gasteiger charge is 2.30. The number of nitrogens with one attached hydrogen (secondary N) is 1. The first-order valence-electron chi connectivity index (χ1n) is 7.40. The van der Waals surface area contributed by atoms with E-state index in [0.29, 0.717) is 13.0 Å². The largest absolute Gasteiger partial charge is 0.458 e. The molecule has 120 valence electrons. The van der Waals surface area contributed by atoms with Crippen molar-refractivity contribution in [3.63, 3.8) is 0 Å². The van der Waals surface area contributed by atoms with Crippen molar-refractivity contribution in [2.75, 3.05) is 13.1 Å². The summed E-state index contributed by atoms with van der Waals surface area (Å²) in [5.74, 6) is -0.866. The van der Waals surface area contributed by atoms with E-state index in [-0.39, 0.29) is 24.3 Å². The molecule has 1 fully saturated rings. The van der Waals surface area contributed by atoms with Gasteiger partial charge in [0.2, 0.25) is 11.8 Å². The third kappa shape index (κ3) is 5.73. The molecule has 1 N–H and O–H groups in total. The van der Waals surface area contributed by atoms with Crippen molar-refractivity contribution in [1.82, 2.24) is 10.2 Å². The van der Waals surface area contributed by atoms with E-state index in [0.717, 1.165) is 6.42 Å². The van der Waals surface area contributed by atoms with Crippen molar-refractivity contribution in [1.29, 1.82) is 0 Å². The molecule has 6 heteroatoms. The lowest BCUT2D eigenvalue weighted by Crippen LogP contribution is -2.50. The Morgan fingerprint density at radius 1 is 1.33 bits per heavy atom. The topological polar surface area (TPSA) is 75.7 Å². The fourth-order valence-electron chi connectivity index (χ4n) is 2.13. The Kier molecular flexibility index (Phi) is 5.75. The first-order chi connectivity index (χ1) is 9.60. The Morgan fingerprint density at radius 2 is 1.95 bits per heavy atom. The van der Waals surface area contributed by atoms with Gasteiger partial charge in [0.1, 0.15) is 11.6 Å². The zero-order valence-corrected chi connectivity index (χ0v) is 13.6. The Morgan fingerprint density at radius 3 is 2.38 bits per heavy atom. The summed E-state index contributed by atoms with van der Waals surface area (Å²) in [6, 6.07) is -0.700. The summed E-state index contributed by atoms with van der Waals surface area (Å²) in [7, 11) is 0. The van der Waals surface area contributed by atoms with Gasteiger partial charge in [-0.1, -0.05) is 13.8 Å². The molecule has 6 nitrogen and oxygen atoms in total. The van der Waals surface area contributed by atoms with Crippen LogP contribution in [0.3, 0.4) is 0 Å². The van der Waals surface area contributed by atoms with E-state index in [1.807, 2.05) is 13.8 Å². The normalized spacial score (nSPS) is 17.0. The third-order valence-electron chi connectivity index (χ3n) is 3.15. The van der Waals surface area contributed by atoms with Gasteiger partial charge >= 0.3 is 5.97 Å². The van der Waals surface area contributed by atoms with Crippen LogP contribution in [0.1, 0.15) is 47.5 Å². The van der Waals surface area contributed by atoms with Crippen LogP contribution in [0.5, 0.6) is 0 Å². The second-order valence-corrected chi connectivity index (χ2v) is 6.74. The van der Waals surface area contributed by atoms with E-state index >= 15 is 0 Å². The van der Waals surface area contributed by atoms with Crippen molar-refractivity contribution >= 4 is 17.8 Å². The minimum absolute atomic E-state index is 0.00481. The fourth-order valence-corrected chi connectivity index (χ4v) is 2.13. The Bertz CT molecular complexity index is 412. The minimum atomic E-state index is -0.700. The van der Waals surface area contributed by atoms with Crippen molar-refractivity contribution in [2.24, 2.45) is 5.92 Å². The summed E-state index contributed by atoms with van der Waals surface area (Å²) in [6.07, 6.45) is 1.28. The number of hydrogen-bond acceptors (Lipinski definition) is 4. The van der Waals surface area contributed by atoms with Crippen LogP contribution in [-0.2, 0) is 19.1 Å². The Labute approximate surface area is 126 Å². The molecule has 2 amide bonds. The molecule has 0 aliphatic carbocycles. The molecule has 0 bridgehead atoms. The van der Waals surface area contributed by atoms with Gasteiger partial charge < -0.3 is 15.0 Å². The van der Waals surface area contributed by atoms with Crippen LogP contribution in [0.25, 0.3) is 0 Å². The van der Waals surface area contributed by atoms with Gasteiger partial charge in [0.05, 0.1) is 6.54 Å². The SMILES string of the molecule is CC(C)[C@H](NC(=O)CN1CCCC1=O)C(=O)OC(C)(C)C. The highest BCUT2D eigenvalue weighted by Crippen LogP contribution is 2.13. The third-order valence-corrected chi connectivity index (χ3v) is 3.15. The van der Waals surface area contributed by atoms with Gasteiger partial charge in [-0.2, -0.15) is 0 Å². The van der Waals surface area contributed by atoms with Gasteiger partial charge in [0.25, 0.3) is 0 Å². The zero-order chi connectivity index (χ0) is 16.2. The second kappa shape index (κ2) is 6.91. The van der Waals surface area contributed by atoms with Crippen LogP contribution < -0.4 is 5.32 Å². The average molecular weight is 298 g/mol. The predicted molar refractivity (Wildman–Crippen MR) is 78.4 cm³/mol. The van der Waals surface area contributed by atoms with E-state index < -0.39 is 17.6 Å². The number of likely N-dealkylation sites (tertiary alicyclic amines) is 1. The number of amides is 2. The van der Waals surface area contributed by atoms with E-state index in [1.54, 1.807) is 20.8 Å². The summed E-state index contributed by atoms with van der Waals surface area (Å²) < 4.78 is 5.32. The molecule has 0 radical (unpaired) electrons. The van der Waals surface area contributed by atoms with E-state index in [9.17, 15) is 14.4 Å². The molecule has 0 aromatic heterocycles. The zero-order valence-electron chi connectivity index (χ0n) is 13.6. The number of rotatable bonds is 5. The number of nitrogens with zero attached hydrogens (tertiary/aromatic N) is 1. The standard InChI is InChI=1S/C15H26N2O4/c1-10(2)13(14(20)21-15(3,4)5)16-11(18)9-17-8-6-7-12(17)19/h10,13H,6-9H2,1-5H3,(H,16,18)/t13-/m0/s1. The molecule has 0 spiro atoms. The van der Waals surface area contributed by atoms with Crippen molar-refractivity contribution in [3.8, 4) is 0 Å². The van der Waals surface area contributed by atoms with E-state index in [1.165, 1.54) is 4.90 Å². The van der Waals surface area contributed by atoms with Crippen molar-refractivity contribution in [2.45, 2.75) is 59.1 Å². The van der Waals surface area contributed by atoms with Crippen molar-refractivity contribution in [3.05, 3.63) is 0 Å². The predicted octanol–water partition coefficient (Wildman–Crippen LogP) is 1.09. The summed E-state index contributed by atoms with van der Waals surface area (Å²) >= 11 is 0. The molecule has 1 aliphatic rings. The highest BCUT2D eigenvalue weighted by atomic mass is 16.6. The number of carbonyl (C=O) groups excluding carboxylic acids is 3. The molecule has 1 atom stereocenters. The maximum absolute atomic E-state index is 12.1. The van der Waals surface area contributed by atoms with Crippen LogP contribution in [-0.4, -0.2) is 47.4 Å². The molecule has 1 heterocycles. The molecule has 0 unspecified atom stereocenters. The van der Waals surface area contributed by atoms with Gasteiger partial charge in [-0.25, -0.2) is 4.79 Å². The Balaban J connectivity index is 2.59. The second-order valence-electron chi connectivity index (χ2n) is 6.74. The molecule has 0 aromatic carbocycles. The maximum Gasteiger partial charge on any atom is 0.329 e. The summed E-state index contributed by atoms with van der Waals surface area (Å²) in [6.45, 7) is 9.65. The van der Waals surface area contributed by atoms with Gasteiger partial charge in [0.15, 0.2) is 0 Å². The van der Waals surface area contributed by atoms with Crippen LogP contribution >= 0.6 is 0 Å². The molecular formula is C15H26N2O4. The number of hydrogen-bond donors (Lipinski definition) is 1. The number of esters is 1. The smallest absolute Gasteiger partial charge is 0.329 e. The van der Waals surface area contributed by atoms with Crippen LogP contribution in [0.15, 0.2) is 0 Å². The molecular weight excluding hydrogens is 272 g/mol. The molecule has 21 heavy (non-hydrogen) atoms. The van der Waals surface area contributed by atoms with Gasteiger partial charge in [-0.05, 0) is 33.1 Å². The monoisotopic (exact) mass is 298 g/mol. The molecule has 1 rings (SSSR count). The van der Waals surface area contributed by atoms with E-state index in [2.05, 4.69) is 5.32 Å². The molecule has 1 saturated heterocycles. The maximum atomic E-state index is 12.1.